The van der Waals surface area contributed by atoms with Crippen LogP contribution in [0.25, 0.3) is 10.8 Å². The minimum absolute atomic E-state index is 0.0126. The summed E-state index contributed by atoms with van der Waals surface area (Å²) in [6.07, 6.45) is 1.13. The number of fused-ring (bicyclic) bond motifs is 1. The van der Waals surface area contributed by atoms with Crippen LogP contribution in [0.4, 0.5) is 27.3 Å². The molecule has 0 amide bonds. The van der Waals surface area contributed by atoms with Gasteiger partial charge in [0, 0.05) is 17.1 Å². The standard InChI is InChI=1S/C21H17FN5O8PS2/c1-35-12-3-5-14(15(8-12)37(29,30)31)26-27-18-16(38(32,33)34)7-10-6-11(2-4-13(10)19(18)28)25-20-17(22)21(36)24-9-23-20/h2-9,28H,36H2,1H3,(H,23,24,25)(H,29,30,31)(H,32,33,34). The zero-order chi connectivity index (χ0) is 27.8. The van der Waals surface area contributed by atoms with Gasteiger partial charge in [0.05, 0.1) is 12.5 Å². The number of aromatic hydroxyl groups is 1. The van der Waals surface area contributed by atoms with Crippen molar-refractivity contribution in [1.29, 1.82) is 0 Å². The molecule has 1 unspecified atom stereocenters. The number of benzene rings is 3. The lowest BCUT2D eigenvalue weighted by Crippen LogP contribution is -2.09. The maximum Gasteiger partial charge on any atom is 0.296 e. The highest BCUT2D eigenvalue weighted by molar-refractivity contribution is 7.86. The molecule has 38 heavy (non-hydrogen) atoms. The molecule has 1 heterocycles. The molecule has 0 saturated carbocycles. The molecule has 0 saturated heterocycles. The molecule has 0 spiro atoms. The van der Waals surface area contributed by atoms with Crippen LogP contribution in [0, 0.1) is 5.82 Å². The van der Waals surface area contributed by atoms with Crippen LogP contribution in [-0.2, 0) is 20.2 Å². The van der Waals surface area contributed by atoms with Crippen LogP contribution in [0.5, 0.6) is 11.5 Å². The highest BCUT2D eigenvalue weighted by Crippen LogP contribution is 2.42. The third-order valence-corrected chi connectivity index (χ3v) is 7.26. The number of anilines is 2. The number of hydrogen-bond acceptors (Lipinski definition) is 11. The number of phenols is 1. The molecule has 0 aliphatic carbocycles. The van der Waals surface area contributed by atoms with Crippen molar-refractivity contribution in [2.24, 2.45) is 10.2 Å². The number of methoxy groups -OCH3 is 1. The Morgan fingerprint density at radius 2 is 1.68 bits per heavy atom. The number of nitrogens with one attached hydrogen (secondary N) is 1. The molecule has 0 fully saturated rings. The average molecular weight is 582 g/mol. The van der Waals surface area contributed by atoms with Gasteiger partial charge in [-0.15, -0.1) is 10.2 Å². The lowest BCUT2D eigenvalue weighted by molar-refractivity contribution is 0.412. The lowest BCUT2D eigenvalue weighted by Gasteiger charge is -2.12. The summed E-state index contributed by atoms with van der Waals surface area (Å²) in [5.74, 6) is -1.54. The maximum absolute atomic E-state index is 14.3. The Balaban J connectivity index is 1.85. The average Bonchev–Trinajstić information content (AvgIpc) is 2.85. The normalized spacial score (nSPS) is 12.2. The van der Waals surface area contributed by atoms with Gasteiger partial charge in [0.15, 0.2) is 17.4 Å². The summed E-state index contributed by atoms with van der Waals surface area (Å²) in [5, 5.41) is 21.0. The molecule has 17 heteroatoms. The molecule has 0 radical (unpaired) electrons. The summed E-state index contributed by atoms with van der Waals surface area (Å²) in [4.78, 5) is 5.94. The van der Waals surface area contributed by atoms with E-state index in [0.29, 0.717) is 0 Å². The second-order valence-electron chi connectivity index (χ2n) is 7.54. The molecular formula is C21H17FN5O8PS2. The predicted octanol–water partition coefficient (Wildman–Crippen LogP) is 3.64. The van der Waals surface area contributed by atoms with Gasteiger partial charge in [0.2, 0.25) is 0 Å². The van der Waals surface area contributed by atoms with Crippen molar-refractivity contribution in [2.45, 2.75) is 9.79 Å². The molecule has 3 aromatic carbocycles. The van der Waals surface area contributed by atoms with E-state index in [1.54, 1.807) is 0 Å². The molecule has 13 nitrogen and oxygen atoms in total. The van der Waals surface area contributed by atoms with Crippen LogP contribution < -0.4 is 15.5 Å². The van der Waals surface area contributed by atoms with Crippen LogP contribution in [0.3, 0.4) is 0 Å². The Bertz CT molecular complexity index is 1840. The summed E-state index contributed by atoms with van der Waals surface area (Å²) >= 11 is 0. The first-order chi connectivity index (χ1) is 17.8. The van der Waals surface area contributed by atoms with E-state index in [9.17, 15) is 35.4 Å². The van der Waals surface area contributed by atoms with Crippen molar-refractivity contribution in [3.8, 4) is 11.5 Å². The van der Waals surface area contributed by atoms with Gasteiger partial charge in [0.1, 0.15) is 33.2 Å². The van der Waals surface area contributed by atoms with Gasteiger partial charge in [-0.3, -0.25) is 9.11 Å². The lowest BCUT2D eigenvalue weighted by atomic mass is 10.1. The number of phenolic OH excluding ortho intramolecular Hbond substituents is 1. The number of ether oxygens (including phenoxy) is 1. The fourth-order valence-electron chi connectivity index (χ4n) is 3.34. The highest BCUT2D eigenvalue weighted by atomic mass is 32.2. The zero-order valence-electron chi connectivity index (χ0n) is 19.1. The summed E-state index contributed by atoms with van der Waals surface area (Å²) in [5.41, 5.74) is -0.842. The van der Waals surface area contributed by atoms with Crippen molar-refractivity contribution in [1.82, 2.24) is 9.97 Å². The minimum Gasteiger partial charge on any atom is -0.505 e. The summed E-state index contributed by atoms with van der Waals surface area (Å²) < 4.78 is 86.3. The van der Waals surface area contributed by atoms with Crippen molar-refractivity contribution in [3.63, 3.8) is 0 Å². The molecule has 1 aromatic heterocycles. The SMILES string of the molecule is COc1ccc(N=Nc2c(S(=O)(=O)O)cc3cc(Nc4ncnc(P)c4F)ccc3c2O)c(S(=O)(=O)O)c1. The zero-order valence-corrected chi connectivity index (χ0v) is 21.9. The summed E-state index contributed by atoms with van der Waals surface area (Å²) in [6.45, 7) is 0. The van der Waals surface area contributed by atoms with E-state index in [1.165, 1.54) is 31.4 Å². The smallest absolute Gasteiger partial charge is 0.296 e. The fraction of sp³-hybridized carbons (Fsp3) is 0.0476. The minimum atomic E-state index is -4.99. The highest BCUT2D eigenvalue weighted by Gasteiger charge is 2.23. The number of halogens is 1. The predicted molar refractivity (Wildman–Crippen MR) is 137 cm³/mol. The maximum atomic E-state index is 14.3. The van der Waals surface area contributed by atoms with Crippen molar-refractivity contribution in [2.75, 3.05) is 12.4 Å². The van der Waals surface area contributed by atoms with Crippen molar-refractivity contribution < 1.29 is 40.2 Å². The van der Waals surface area contributed by atoms with Gasteiger partial charge in [-0.1, -0.05) is 9.24 Å². The Labute approximate surface area is 217 Å². The molecule has 0 bridgehead atoms. The van der Waals surface area contributed by atoms with E-state index in [2.05, 4.69) is 34.8 Å². The molecule has 4 aromatic rings. The van der Waals surface area contributed by atoms with Gasteiger partial charge >= 0.3 is 0 Å². The van der Waals surface area contributed by atoms with Crippen LogP contribution in [-0.4, -0.2) is 48.1 Å². The Morgan fingerprint density at radius 3 is 2.34 bits per heavy atom. The summed E-state index contributed by atoms with van der Waals surface area (Å²) in [6, 6.07) is 8.53. The van der Waals surface area contributed by atoms with Crippen LogP contribution >= 0.6 is 9.24 Å². The molecular weight excluding hydrogens is 564 g/mol. The first-order valence-electron chi connectivity index (χ1n) is 10.2. The number of rotatable bonds is 7. The molecule has 4 rings (SSSR count). The number of nitrogens with zero attached hydrogens (tertiary/aromatic N) is 4. The van der Waals surface area contributed by atoms with E-state index in [0.717, 1.165) is 24.5 Å². The topological polar surface area (TPSA) is 201 Å². The Morgan fingerprint density at radius 1 is 0.974 bits per heavy atom. The molecule has 198 valence electrons. The molecule has 4 N–H and O–H groups in total. The monoisotopic (exact) mass is 581 g/mol. The largest absolute Gasteiger partial charge is 0.505 e. The van der Waals surface area contributed by atoms with Gasteiger partial charge in [-0.25, -0.2) is 14.4 Å². The van der Waals surface area contributed by atoms with Crippen LogP contribution in [0.1, 0.15) is 0 Å². The van der Waals surface area contributed by atoms with Gasteiger partial charge in [-0.2, -0.15) is 16.8 Å². The number of azo groups is 1. The third kappa shape index (κ3) is 5.54. The Hall–Kier alpha value is -3.82. The van der Waals surface area contributed by atoms with Crippen LogP contribution in [0.2, 0.25) is 0 Å². The number of hydrogen-bond donors (Lipinski definition) is 4. The second-order valence-corrected chi connectivity index (χ2v) is 10.9. The second kappa shape index (κ2) is 10.2. The van der Waals surface area contributed by atoms with E-state index in [4.69, 9.17) is 4.74 Å². The number of aromatic nitrogens is 2. The quantitative estimate of drug-likeness (QED) is 0.141. The van der Waals surface area contributed by atoms with Gasteiger partial charge < -0.3 is 15.2 Å². The van der Waals surface area contributed by atoms with Crippen molar-refractivity contribution >= 4 is 68.6 Å². The van der Waals surface area contributed by atoms with E-state index < -0.39 is 53.0 Å². The molecule has 0 aliphatic heterocycles. The van der Waals surface area contributed by atoms with E-state index >= 15 is 0 Å². The fourth-order valence-corrected chi connectivity index (χ4v) is 4.84. The van der Waals surface area contributed by atoms with Gasteiger partial charge in [0.25, 0.3) is 20.2 Å². The van der Waals surface area contributed by atoms with Crippen LogP contribution in [0.15, 0.2) is 68.8 Å². The Kier molecular flexibility index (Phi) is 7.27. The molecule has 1 atom stereocenters. The van der Waals surface area contributed by atoms with Crippen molar-refractivity contribution in [3.05, 3.63) is 54.6 Å². The molecule has 0 aliphatic rings. The van der Waals surface area contributed by atoms with E-state index in [-0.39, 0.29) is 33.5 Å². The first kappa shape index (κ1) is 27.2. The van der Waals surface area contributed by atoms with E-state index in [1.807, 2.05) is 0 Å². The summed E-state index contributed by atoms with van der Waals surface area (Å²) in [7, 11) is -6.42. The van der Waals surface area contributed by atoms with Gasteiger partial charge in [-0.05, 0) is 41.8 Å². The third-order valence-electron chi connectivity index (χ3n) is 5.11. The first-order valence-corrected chi connectivity index (χ1v) is 13.6.